The van der Waals surface area contributed by atoms with Crippen molar-refractivity contribution in [2.75, 3.05) is 0 Å². The van der Waals surface area contributed by atoms with Gasteiger partial charge in [0.15, 0.2) is 0 Å². The highest BCUT2D eigenvalue weighted by atomic mass is 16.5. The smallest absolute Gasteiger partial charge is 0.0988 e. The maximum Gasteiger partial charge on any atom is 0.0988 e. The fourth-order valence-corrected chi connectivity index (χ4v) is 0.557. The van der Waals surface area contributed by atoms with Crippen molar-refractivity contribution in [3.05, 3.63) is 11.9 Å². The lowest BCUT2D eigenvalue weighted by molar-refractivity contribution is 0.160. The molecule has 9 heavy (non-hydrogen) atoms. The molecule has 0 bridgehead atoms. The Labute approximate surface area is 52.3 Å². The third-order valence-electron chi connectivity index (χ3n) is 0.910. The van der Waals surface area contributed by atoms with Gasteiger partial charge in [-0.3, -0.25) is 4.68 Å². The molecule has 1 rings (SSSR count). The Morgan fingerprint density at radius 1 is 1.89 bits per heavy atom. The maximum atomic E-state index is 8.20. The number of nitrogens with one attached hydrogen (secondary N) is 1. The molecule has 0 aliphatic rings. The summed E-state index contributed by atoms with van der Waals surface area (Å²) in [6.07, 6.45) is 1.73. The molecule has 0 fully saturated rings. The number of hydroxylamine groups is 1. The van der Waals surface area contributed by atoms with Crippen LogP contribution in [0.5, 0.6) is 0 Å². The van der Waals surface area contributed by atoms with Crippen LogP contribution in [0.4, 0.5) is 0 Å². The van der Waals surface area contributed by atoms with Crippen LogP contribution < -0.4 is 5.48 Å². The molecular weight excluding hydrogens is 120 g/mol. The van der Waals surface area contributed by atoms with Crippen molar-refractivity contribution in [2.24, 2.45) is 7.05 Å². The van der Waals surface area contributed by atoms with Crippen molar-refractivity contribution in [2.45, 2.75) is 6.54 Å². The Morgan fingerprint density at radius 3 is 3.11 bits per heavy atom. The van der Waals surface area contributed by atoms with Crippen molar-refractivity contribution in [1.29, 1.82) is 0 Å². The number of aryl methyl sites for hydroxylation is 1. The van der Waals surface area contributed by atoms with Gasteiger partial charge in [0, 0.05) is 13.2 Å². The molecule has 0 radical (unpaired) electrons. The molecule has 1 heterocycles. The van der Waals surface area contributed by atoms with Crippen molar-refractivity contribution in [1.82, 2.24) is 20.5 Å². The zero-order valence-corrected chi connectivity index (χ0v) is 5.07. The Kier molecular flexibility index (Phi) is 1.76. The molecule has 2 N–H and O–H groups in total. The monoisotopic (exact) mass is 128 g/mol. The first kappa shape index (κ1) is 6.18. The van der Waals surface area contributed by atoms with Gasteiger partial charge in [-0.15, -0.1) is 5.10 Å². The van der Waals surface area contributed by atoms with Gasteiger partial charge in [0.1, 0.15) is 0 Å². The summed E-state index contributed by atoms with van der Waals surface area (Å²) in [5.41, 5.74) is 2.70. The summed E-state index contributed by atoms with van der Waals surface area (Å²) >= 11 is 0. The SMILES string of the molecule is Cn1cc(CNO)nn1. The fourth-order valence-electron chi connectivity index (χ4n) is 0.557. The maximum absolute atomic E-state index is 8.20. The Morgan fingerprint density at radius 2 is 2.67 bits per heavy atom. The van der Waals surface area contributed by atoms with Crippen molar-refractivity contribution >= 4 is 0 Å². The van der Waals surface area contributed by atoms with E-state index in [4.69, 9.17) is 5.21 Å². The molecule has 0 spiro atoms. The Hall–Kier alpha value is -0.940. The van der Waals surface area contributed by atoms with E-state index in [1.807, 2.05) is 5.48 Å². The van der Waals surface area contributed by atoms with Crippen LogP contribution in [-0.2, 0) is 13.6 Å². The van der Waals surface area contributed by atoms with Gasteiger partial charge in [-0.1, -0.05) is 5.21 Å². The highest BCUT2D eigenvalue weighted by Crippen LogP contribution is 1.87. The minimum atomic E-state index is 0.341. The van der Waals surface area contributed by atoms with E-state index in [9.17, 15) is 0 Å². The zero-order valence-electron chi connectivity index (χ0n) is 5.07. The number of aromatic nitrogens is 3. The number of rotatable bonds is 2. The Balaban J connectivity index is 2.61. The van der Waals surface area contributed by atoms with Gasteiger partial charge in [0.2, 0.25) is 0 Å². The summed E-state index contributed by atoms with van der Waals surface area (Å²) in [4.78, 5) is 0. The van der Waals surface area contributed by atoms with Gasteiger partial charge in [0.05, 0.1) is 12.2 Å². The molecule has 0 saturated carbocycles. The minimum absolute atomic E-state index is 0.341. The molecule has 0 atom stereocenters. The summed E-state index contributed by atoms with van der Waals surface area (Å²) in [6.45, 7) is 0.341. The summed E-state index contributed by atoms with van der Waals surface area (Å²) in [5, 5.41) is 15.5. The predicted octanol–water partition coefficient (Wildman–Crippen LogP) is -0.706. The number of hydrogen-bond acceptors (Lipinski definition) is 4. The van der Waals surface area contributed by atoms with Gasteiger partial charge in [-0.05, 0) is 0 Å². The third-order valence-corrected chi connectivity index (χ3v) is 0.910. The summed E-state index contributed by atoms with van der Waals surface area (Å²) < 4.78 is 1.58. The van der Waals surface area contributed by atoms with Gasteiger partial charge >= 0.3 is 0 Å². The van der Waals surface area contributed by atoms with Gasteiger partial charge in [-0.25, -0.2) is 0 Å². The summed E-state index contributed by atoms with van der Waals surface area (Å²) in [5.74, 6) is 0. The lowest BCUT2D eigenvalue weighted by Crippen LogP contribution is -2.05. The van der Waals surface area contributed by atoms with E-state index in [1.54, 1.807) is 17.9 Å². The summed E-state index contributed by atoms with van der Waals surface area (Å²) in [6, 6.07) is 0. The topological polar surface area (TPSA) is 63.0 Å². The quantitative estimate of drug-likeness (QED) is 0.517. The van der Waals surface area contributed by atoms with Crippen molar-refractivity contribution in [3.63, 3.8) is 0 Å². The second-order valence-electron chi connectivity index (χ2n) is 1.72. The van der Waals surface area contributed by atoms with Crippen LogP contribution in [-0.4, -0.2) is 20.2 Å². The molecule has 0 aromatic carbocycles. The largest absolute Gasteiger partial charge is 0.316 e. The van der Waals surface area contributed by atoms with E-state index in [-0.39, 0.29) is 0 Å². The van der Waals surface area contributed by atoms with Crippen LogP contribution in [0.15, 0.2) is 6.20 Å². The van der Waals surface area contributed by atoms with Crippen LogP contribution in [0.2, 0.25) is 0 Å². The van der Waals surface area contributed by atoms with E-state index in [0.29, 0.717) is 6.54 Å². The second-order valence-corrected chi connectivity index (χ2v) is 1.72. The van der Waals surface area contributed by atoms with E-state index in [0.717, 1.165) is 5.69 Å². The molecule has 0 aliphatic heterocycles. The average Bonchev–Trinajstić information content (AvgIpc) is 2.17. The van der Waals surface area contributed by atoms with Crippen LogP contribution in [0.1, 0.15) is 5.69 Å². The standard InChI is InChI=1S/C4H8N4O/c1-8-3-4(2-5-9)6-7-8/h3,5,9H,2H2,1H3. The first-order valence-corrected chi connectivity index (χ1v) is 2.55. The highest BCUT2D eigenvalue weighted by molar-refractivity contribution is 4.89. The average molecular weight is 128 g/mol. The fraction of sp³-hybridized carbons (Fsp3) is 0.500. The number of hydrogen-bond donors (Lipinski definition) is 2. The predicted molar refractivity (Wildman–Crippen MR) is 29.6 cm³/mol. The lowest BCUT2D eigenvalue weighted by Gasteiger charge is -1.86. The molecule has 5 nitrogen and oxygen atoms in total. The molecule has 0 saturated heterocycles. The molecule has 50 valence electrons. The Bertz CT molecular complexity index is 184. The molecule has 0 amide bonds. The van der Waals surface area contributed by atoms with Gasteiger partial charge < -0.3 is 5.21 Å². The van der Waals surface area contributed by atoms with E-state index >= 15 is 0 Å². The van der Waals surface area contributed by atoms with Crippen molar-refractivity contribution in [3.8, 4) is 0 Å². The van der Waals surface area contributed by atoms with Crippen LogP contribution in [0.25, 0.3) is 0 Å². The first-order chi connectivity index (χ1) is 4.33. The molecule has 0 unspecified atom stereocenters. The minimum Gasteiger partial charge on any atom is -0.316 e. The zero-order chi connectivity index (χ0) is 6.69. The van der Waals surface area contributed by atoms with Gasteiger partial charge in [-0.2, -0.15) is 5.48 Å². The molecule has 0 aliphatic carbocycles. The summed E-state index contributed by atoms with van der Waals surface area (Å²) in [7, 11) is 1.77. The number of nitrogens with zero attached hydrogens (tertiary/aromatic N) is 3. The van der Waals surface area contributed by atoms with E-state index < -0.39 is 0 Å². The van der Waals surface area contributed by atoms with Crippen LogP contribution in [0, 0.1) is 0 Å². The molecular formula is C4H8N4O. The first-order valence-electron chi connectivity index (χ1n) is 2.55. The molecule has 1 aromatic rings. The van der Waals surface area contributed by atoms with Crippen LogP contribution >= 0.6 is 0 Å². The van der Waals surface area contributed by atoms with E-state index in [1.165, 1.54) is 0 Å². The highest BCUT2D eigenvalue weighted by Gasteiger charge is 1.93. The normalized spacial score (nSPS) is 10.0. The lowest BCUT2D eigenvalue weighted by atomic mass is 10.5. The second kappa shape index (κ2) is 2.56. The van der Waals surface area contributed by atoms with Crippen molar-refractivity contribution < 1.29 is 5.21 Å². The molecule has 1 aromatic heterocycles. The van der Waals surface area contributed by atoms with Crippen LogP contribution in [0.3, 0.4) is 0 Å². The molecule has 5 heteroatoms. The third kappa shape index (κ3) is 1.48. The van der Waals surface area contributed by atoms with Gasteiger partial charge in [0.25, 0.3) is 0 Å². The van der Waals surface area contributed by atoms with E-state index in [2.05, 4.69) is 10.3 Å².